The first kappa shape index (κ1) is 16.5. The average Bonchev–Trinajstić information content (AvgIpc) is 3.17. The van der Waals surface area contributed by atoms with Crippen LogP contribution >= 0.6 is 11.3 Å². The Balaban J connectivity index is 1.60. The summed E-state index contributed by atoms with van der Waals surface area (Å²) in [4.78, 5) is 25.1. The number of thiophene rings is 1. The minimum Gasteiger partial charge on any atom is -0.461 e. The summed E-state index contributed by atoms with van der Waals surface area (Å²) in [5.41, 5.74) is 0.718. The van der Waals surface area contributed by atoms with Crippen molar-refractivity contribution >= 4 is 39.0 Å². The number of carbonyl (C=O) groups excluding carboxylic acids is 1. The molecular formula is C21H16O4S. The lowest BCUT2D eigenvalue weighted by Gasteiger charge is -2.09. The van der Waals surface area contributed by atoms with Crippen LogP contribution in [0.2, 0.25) is 0 Å². The summed E-state index contributed by atoms with van der Waals surface area (Å²) in [6.45, 7) is 0.0549. The maximum absolute atomic E-state index is 12.1. The van der Waals surface area contributed by atoms with Gasteiger partial charge in [-0.25, -0.2) is 4.79 Å². The number of benzene rings is 2. The molecule has 0 atom stereocenters. The van der Waals surface area contributed by atoms with E-state index in [0.717, 1.165) is 21.0 Å². The normalized spacial score (nSPS) is 11.1. The Kier molecular flexibility index (Phi) is 4.54. The summed E-state index contributed by atoms with van der Waals surface area (Å²) in [5.74, 6) is -0.278. The number of fused-ring (bicyclic) bond motifs is 3. The van der Waals surface area contributed by atoms with Gasteiger partial charge in [0.15, 0.2) is 0 Å². The molecule has 5 heteroatoms. The fourth-order valence-corrected chi connectivity index (χ4v) is 3.75. The van der Waals surface area contributed by atoms with Crippen molar-refractivity contribution in [3.8, 4) is 0 Å². The highest BCUT2D eigenvalue weighted by Crippen LogP contribution is 2.27. The fraction of sp³-hybridized carbons (Fsp3) is 0.143. The number of aryl methyl sites for hydroxylation is 1. The van der Waals surface area contributed by atoms with Crippen molar-refractivity contribution in [3.05, 3.63) is 80.8 Å². The zero-order valence-corrected chi connectivity index (χ0v) is 14.8. The maximum atomic E-state index is 12.1. The number of rotatable bonds is 5. The van der Waals surface area contributed by atoms with Crippen LogP contribution in [-0.4, -0.2) is 5.97 Å². The molecule has 0 aliphatic heterocycles. The number of hydrogen-bond donors (Lipinski definition) is 0. The fourth-order valence-electron chi connectivity index (χ4n) is 3.04. The minimum atomic E-state index is -0.447. The first-order valence-corrected chi connectivity index (χ1v) is 9.21. The quantitative estimate of drug-likeness (QED) is 0.293. The van der Waals surface area contributed by atoms with E-state index < -0.39 is 5.63 Å². The van der Waals surface area contributed by atoms with E-state index in [1.54, 1.807) is 17.4 Å². The summed E-state index contributed by atoms with van der Waals surface area (Å²) in [6.07, 6.45) is 0.984. The van der Waals surface area contributed by atoms with Gasteiger partial charge in [0.05, 0.1) is 6.42 Å². The van der Waals surface area contributed by atoms with Crippen LogP contribution < -0.4 is 5.63 Å². The molecule has 0 aliphatic carbocycles. The molecular weight excluding hydrogens is 348 g/mol. The first-order chi connectivity index (χ1) is 12.7. The van der Waals surface area contributed by atoms with E-state index in [-0.39, 0.29) is 12.6 Å². The minimum absolute atomic E-state index is 0.0549. The van der Waals surface area contributed by atoms with E-state index in [2.05, 4.69) is 0 Å². The number of hydrogen-bond acceptors (Lipinski definition) is 5. The van der Waals surface area contributed by atoms with Crippen molar-refractivity contribution in [2.45, 2.75) is 19.4 Å². The van der Waals surface area contributed by atoms with Gasteiger partial charge in [-0.3, -0.25) is 4.79 Å². The van der Waals surface area contributed by atoms with Gasteiger partial charge in [0.2, 0.25) is 0 Å². The zero-order chi connectivity index (χ0) is 17.9. The van der Waals surface area contributed by atoms with Crippen LogP contribution in [0.3, 0.4) is 0 Å². The second kappa shape index (κ2) is 7.14. The molecule has 0 spiro atoms. The van der Waals surface area contributed by atoms with Gasteiger partial charge in [-0.05, 0) is 34.7 Å². The summed E-state index contributed by atoms with van der Waals surface area (Å²) >= 11 is 1.62. The molecule has 2 aromatic heterocycles. The Labute approximate surface area is 153 Å². The maximum Gasteiger partial charge on any atom is 0.336 e. The van der Waals surface area contributed by atoms with E-state index in [1.165, 1.54) is 6.07 Å². The molecule has 0 saturated carbocycles. The standard InChI is InChI=1S/C21H16O4S/c22-19(10-8-16-5-3-11-26-16)24-13-15-12-20(23)25-18-9-7-14-4-1-2-6-17(14)21(15)18/h1-7,9,11-12H,8,10,13H2. The Hall–Kier alpha value is -2.92. The summed E-state index contributed by atoms with van der Waals surface area (Å²) in [7, 11) is 0. The molecule has 4 nitrogen and oxygen atoms in total. The molecule has 26 heavy (non-hydrogen) atoms. The van der Waals surface area contributed by atoms with Gasteiger partial charge < -0.3 is 9.15 Å². The van der Waals surface area contributed by atoms with Crippen LogP contribution in [0.15, 0.2) is 69.2 Å². The Morgan fingerprint density at radius 2 is 1.96 bits per heavy atom. The summed E-state index contributed by atoms with van der Waals surface area (Å²) in [5, 5.41) is 4.81. The van der Waals surface area contributed by atoms with E-state index in [9.17, 15) is 9.59 Å². The molecule has 2 heterocycles. The van der Waals surface area contributed by atoms with Crippen molar-refractivity contribution < 1.29 is 13.9 Å². The third kappa shape index (κ3) is 3.39. The predicted octanol–water partition coefficient (Wildman–Crippen LogP) is 4.68. The number of esters is 1. The molecule has 4 rings (SSSR count). The second-order valence-electron chi connectivity index (χ2n) is 5.99. The van der Waals surface area contributed by atoms with E-state index in [4.69, 9.17) is 9.15 Å². The van der Waals surface area contributed by atoms with Crippen LogP contribution in [0.5, 0.6) is 0 Å². The number of carbonyl (C=O) groups is 1. The Morgan fingerprint density at radius 3 is 2.81 bits per heavy atom. The molecule has 130 valence electrons. The van der Waals surface area contributed by atoms with Gasteiger partial charge in [-0.15, -0.1) is 11.3 Å². The van der Waals surface area contributed by atoms with Gasteiger partial charge >= 0.3 is 11.6 Å². The van der Waals surface area contributed by atoms with Crippen LogP contribution in [0, 0.1) is 0 Å². The van der Waals surface area contributed by atoms with Crippen molar-refractivity contribution in [1.29, 1.82) is 0 Å². The first-order valence-electron chi connectivity index (χ1n) is 8.33. The molecule has 0 saturated heterocycles. The monoisotopic (exact) mass is 364 g/mol. The predicted molar refractivity (Wildman–Crippen MR) is 102 cm³/mol. The summed E-state index contributed by atoms with van der Waals surface area (Å²) in [6, 6.07) is 16.9. The topological polar surface area (TPSA) is 56.5 Å². The lowest BCUT2D eigenvalue weighted by atomic mass is 10.0. The molecule has 2 aromatic carbocycles. The third-order valence-corrected chi connectivity index (χ3v) is 5.19. The highest BCUT2D eigenvalue weighted by Gasteiger charge is 2.12. The van der Waals surface area contributed by atoms with Gasteiger partial charge in [-0.2, -0.15) is 0 Å². The smallest absolute Gasteiger partial charge is 0.336 e. The van der Waals surface area contributed by atoms with Gasteiger partial charge in [0.25, 0.3) is 0 Å². The SMILES string of the molecule is O=C(CCc1cccs1)OCc1cc(=O)oc2ccc3ccccc3c12. The lowest BCUT2D eigenvalue weighted by molar-refractivity contribution is -0.144. The Morgan fingerprint density at radius 1 is 1.08 bits per heavy atom. The van der Waals surface area contributed by atoms with Crippen LogP contribution in [0.4, 0.5) is 0 Å². The largest absolute Gasteiger partial charge is 0.461 e. The summed E-state index contributed by atoms with van der Waals surface area (Å²) < 4.78 is 10.7. The zero-order valence-electron chi connectivity index (χ0n) is 13.9. The van der Waals surface area contributed by atoms with Crippen molar-refractivity contribution in [3.63, 3.8) is 0 Å². The molecule has 4 aromatic rings. The highest BCUT2D eigenvalue weighted by atomic mass is 32.1. The van der Waals surface area contributed by atoms with Crippen molar-refractivity contribution in [2.24, 2.45) is 0 Å². The molecule has 0 fully saturated rings. The van der Waals surface area contributed by atoms with Gasteiger partial charge in [0.1, 0.15) is 12.2 Å². The highest BCUT2D eigenvalue weighted by molar-refractivity contribution is 7.09. The third-order valence-electron chi connectivity index (χ3n) is 4.26. The number of ether oxygens (including phenoxy) is 1. The molecule has 0 radical (unpaired) electrons. The van der Waals surface area contributed by atoms with Crippen LogP contribution in [-0.2, 0) is 22.6 Å². The van der Waals surface area contributed by atoms with E-state index >= 15 is 0 Å². The van der Waals surface area contributed by atoms with Crippen molar-refractivity contribution in [2.75, 3.05) is 0 Å². The van der Waals surface area contributed by atoms with E-state index in [1.807, 2.05) is 47.8 Å². The molecule has 0 bridgehead atoms. The average molecular weight is 364 g/mol. The molecule has 0 N–H and O–H groups in total. The van der Waals surface area contributed by atoms with Crippen LogP contribution in [0.25, 0.3) is 21.7 Å². The molecule has 0 unspecified atom stereocenters. The lowest BCUT2D eigenvalue weighted by Crippen LogP contribution is -2.08. The Bertz CT molecular complexity index is 1130. The van der Waals surface area contributed by atoms with Gasteiger partial charge in [-0.1, -0.05) is 36.4 Å². The van der Waals surface area contributed by atoms with E-state index in [0.29, 0.717) is 24.0 Å². The van der Waals surface area contributed by atoms with Crippen molar-refractivity contribution in [1.82, 2.24) is 0 Å². The second-order valence-corrected chi connectivity index (χ2v) is 7.02. The molecule has 0 aliphatic rings. The van der Waals surface area contributed by atoms with Crippen LogP contribution in [0.1, 0.15) is 16.9 Å². The van der Waals surface area contributed by atoms with Gasteiger partial charge in [0, 0.05) is 21.9 Å². The molecule has 0 amide bonds.